The molecule has 23 heavy (non-hydrogen) atoms. The Morgan fingerprint density at radius 1 is 0.652 bits per heavy atom. The van der Waals surface area contributed by atoms with Crippen LogP contribution < -0.4 is 0 Å². The maximum atomic E-state index is 10.9. The molecule has 2 rings (SSSR count). The Morgan fingerprint density at radius 2 is 1.00 bits per heavy atom. The third-order valence-electron chi connectivity index (χ3n) is 7.26. The third-order valence-corrected chi connectivity index (χ3v) is 7.26. The van der Waals surface area contributed by atoms with Crippen LogP contribution in [-0.4, -0.2) is 22.9 Å². The van der Waals surface area contributed by atoms with Gasteiger partial charge in [0.1, 0.15) is 0 Å². The highest BCUT2D eigenvalue weighted by Gasteiger charge is 2.37. The van der Waals surface area contributed by atoms with Crippen LogP contribution in [0, 0.1) is 41.4 Å². The molecule has 2 atom stereocenters. The summed E-state index contributed by atoms with van der Waals surface area (Å²) in [7, 11) is 0. The van der Waals surface area contributed by atoms with E-state index >= 15 is 0 Å². The second kappa shape index (κ2) is 8.85. The van der Waals surface area contributed by atoms with E-state index in [1.54, 1.807) is 0 Å². The van der Waals surface area contributed by atoms with Gasteiger partial charge in [-0.2, -0.15) is 0 Å². The molecule has 0 saturated heterocycles. The van der Waals surface area contributed by atoms with Crippen LogP contribution in [0.2, 0.25) is 0 Å². The Labute approximate surface area is 144 Å². The highest BCUT2D eigenvalue weighted by atomic mass is 16.3. The largest absolute Gasteiger partial charge is 0.396 e. The van der Waals surface area contributed by atoms with Gasteiger partial charge < -0.3 is 10.2 Å². The Hall–Kier alpha value is -0.0800. The van der Waals surface area contributed by atoms with Gasteiger partial charge in [-0.3, -0.25) is 0 Å². The van der Waals surface area contributed by atoms with Crippen molar-refractivity contribution in [2.75, 3.05) is 6.61 Å². The lowest BCUT2D eigenvalue weighted by Crippen LogP contribution is -2.40. The maximum absolute atomic E-state index is 10.9. The predicted molar refractivity (Wildman–Crippen MR) is 97.2 cm³/mol. The molecular formula is C21H40O2. The second-order valence-electron chi connectivity index (χ2n) is 9.17. The van der Waals surface area contributed by atoms with Gasteiger partial charge in [-0.25, -0.2) is 0 Å². The van der Waals surface area contributed by atoms with Crippen LogP contribution >= 0.6 is 0 Å². The molecule has 0 heterocycles. The minimum absolute atomic E-state index is 0.115. The van der Waals surface area contributed by atoms with Gasteiger partial charge in [0.05, 0.1) is 6.10 Å². The molecule has 0 aliphatic heterocycles. The fraction of sp³-hybridized carbons (Fsp3) is 1.00. The van der Waals surface area contributed by atoms with Gasteiger partial charge in [0, 0.05) is 12.5 Å². The molecule has 2 saturated carbocycles. The Bertz CT molecular complexity index is 323. The first kappa shape index (κ1) is 19.2. The summed E-state index contributed by atoms with van der Waals surface area (Å²) in [5.74, 6) is 4.31. The smallest absolute Gasteiger partial charge is 0.0621 e. The fourth-order valence-electron chi connectivity index (χ4n) is 5.28. The zero-order valence-corrected chi connectivity index (χ0v) is 15.9. The van der Waals surface area contributed by atoms with Crippen molar-refractivity contribution < 1.29 is 10.2 Å². The molecule has 2 aliphatic rings. The minimum atomic E-state index is -0.284. The normalized spacial score (nSPS) is 35.5. The molecule has 2 N–H and O–H groups in total. The average Bonchev–Trinajstić information content (AvgIpc) is 2.56. The van der Waals surface area contributed by atoms with Crippen LogP contribution in [-0.2, 0) is 0 Å². The molecule has 0 aromatic rings. The summed E-state index contributed by atoms with van der Waals surface area (Å²) in [5, 5.41) is 20.9. The van der Waals surface area contributed by atoms with Gasteiger partial charge in [-0.1, -0.05) is 27.7 Å². The standard InChI is InChI=1S/C21H40O2/c1-14(2)16-5-9-18(10-6-16)20(13-22)21(23)19-11-7-17(8-12-19)15(3)4/h14-23H,5-13H2,1-4H3. The lowest BCUT2D eigenvalue weighted by Gasteiger charge is -2.41. The lowest BCUT2D eigenvalue weighted by atomic mass is 9.67. The van der Waals surface area contributed by atoms with Crippen molar-refractivity contribution in [3.63, 3.8) is 0 Å². The molecule has 0 bridgehead atoms. The topological polar surface area (TPSA) is 40.5 Å². The van der Waals surface area contributed by atoms with Crippen molar-refractivity contribution in [1.29, 1.82) is 0 Å². The molecular weight excluding hydrogens is 284 g/mol. The zero-order chi connectivity index (χ0) is 17.0. The first-order chi connectivity index (χ1) is 10.9. The maximum Gasteiger partial charge on any atom is 0.0621 e. The number of aliphatic hydroxyl groups excluding tert-OH is 2. The summed E-state index contributed by atoms with van der Waals surface area (Å²) >= 11 is 0. The van der Waals surface area contributed by atoms with E-state index in [4.69, 9.17) is 0 Å². The number of hydrogen-bond acceptors (Lipinski definition) is 2. The molecule has 0 aromatic heterocycles. The molecule has 2 nitrogen and oxygen atoms in total. The van der Waals surface area contributed by atoms with Gasteiger partial charge in [0.25, 0.3) is 0 Å². The van der Waals surface area contributed by atoms with Crippen LogP contribution in [0.3, 0.4) is 0 Å². The molecule has 136 valence electrons. The summed E-state index contributed by atoms with van der Waals surface area (Å²) in [4.78, 5) is 0. The number of rotatable bonds is 6. The molecule has 0 amide bonds. The highest BCUT2D eigenvalue weighted by Crippen LogP contribution is 2.42. The predicted octanol–water partition coefficient (Wildman–Crippen LogP) is 4.88. The summed E-state index contributed by atoms with van der Waals surface area (Å²) in [6.07, 6.45) is 9.52. The Morgan fingerprint density at radius 3 is 1.35 bits per heavy atom. The van der Waals surface area contributed by atoms with Crippen LogP contribution in [0.15, 0.2) is 0 Å². The third kappa shape index (κ3) is 4.95. The Kier molecular flexibility index (Phi) is 7.41. The molecule has 0 radical (unpaired) electrons. The molecule has 2 unspecified atom stereocenters. The van der Waals surface area contributed by atoms with E-state index in [2.05, 4.69) is 27.7 Å². The van der Waals surface area contributed by atoms with Gasteiger partial charge in [-0.05, 0) is 86.9 Å². The quantitative estimate of drug-likeness (QED) is 0.731. The molecule has 2 aliphatic carbocycles. The van der Waals surface area contributed by atoms with Crippen molar-refractivity contribution in [2.45, 2.75) is 85.2 Å². The molecule has 2 heteroatoms. The summed E-state index contributed by atoms with van der Waals surface area (Å²) < 4.78 is 0. The average molecular weight is 325 g/mol. The zero-order valence-electron chi connectivity index (χ0n) is 15.9. The van der Waals surface area contributed by atoms with Crippen molar-refractivity contribution in [2.24, 2.45) is 41.4 Å². The van der Waals surface area contributed by atoms with Crippen molar-refractivity contribution in [1.82, 2.24) is 0 Å². The van der Waals surface area contributed by atoms with Crippen LogP contribution in [0.4, 0.5) is 0 Å². The summed E-state index contributed by atoms with van der Waals surface area (Å²) in [6, 6.07) is 0. The van der Waals surface area contributed by atoms with E-state index in [0.29, 0.717) is 11.8 Å². The molecule has 0 aromatic carbocycles. The van der Waals surface area contributed by atoms with Crippen LogP contribution in [0.1, 0.15) is 79.1 Å². The highest BCUT2D eigenvalue weighted by molar-refractivity contribution is 4.87. The van der Waals surface area contributed by atoms with E-state index in [-0.39, 0.29) is 18.6 Å². The minimum Gasteiger partial charge on any atom is -0.396 e. The molecule has 0 spiro atoms. The van der Waals surface area contributed by atoms with Gasteiger partial charge >= 0.3 is 0 Å². The van der Waals surface area contributed by atoms with Crippen LogP contribution in [0.25, 0.3) is 0 Å². The summed E-state index contributed by atoms with van der Waals surface area (Å²) in [6.45, 7) is 9.48. The van der Waals surface area contributed by atoms with Crippen molar-refractivity contribution in [3.05, 3.63) is 0 Å². The number of aliphatic hydroxyl groups is 2. The SMILES string of the molecule is CC(C)C1CCC(C(O)C(CO)C2CCC(C(C)C)CC2)CC1. The van der Waals surface area contributed by atoms with Crippen molar-refractivity contribution in [3.8, 4) is 0 Å². The van der Waals surface area contributed by atoms with Gasteiger partial charge in [0.15, 0.2) is 0 Å². The first-order valence-corrected chi connectivity index (χ1v) is 10.2. The van der Waals surface area contributed by atoms with Gasteiger partial charge in [0.2, 0.25) is 0 Å². The first-order valence-electron chi connectivity index (χ1n) is 10.2. The van der Waals surface area contributed by atoms with E-state index in [9.17, 15) is 10.2 Å². The molecule has 2 fully saturated rings. The van der Waals surface area contributed by atoms with E-state index in [0.717, 1.165) is 36.5 Å². The van der Waals surface area contributed by atoms with E-state index in [1.165, 1.54) is 38.5 Å². The van der Waals surface area contributed by atoms with Crippen LogP contribution in [0.5, 0.6) is 0 Å². The van der Waals surface area contributed by atoms with E-state index in [1.807, 2.05) is 0 Å². The van der Waals surface area contributed by atoms with E-state index < -0.39 is 0 Å². The lowest BCUT2D eigenvalue weighted by molar-refractivity contribution is -0.0336. The van der Waals surface area contributed by atoms with Crippen molar-refractivity contribution >= 4 is 0 Å². The number of hydrogen-bond donors (Lipinski definition) is 2. The fourth-order valence-corrected chi connectivity index (χ4v) is 5.28. The monoisotopic (exact) mass is 324 g/mol. The Balaban J connectivity index is 1.86. The second-order valence-corrected chi connectivity index (χ2v) is 9.17. The summed E-state index contributed by atoms with van der Waals surface area (Å²) in [5.41, 5.74) is 0. The van der Waals surface area contributed by atoms with Gasteiger partial charge in [-0.15, -0.1) is 0 Å².